The lowest BCUT2D eigenvalue weighted by Crippen LogP contribution is -2.45. The number of hydrogen-bond donors (Lipinski definition) is 2. The minimum Gasteiger partial charge on any atom is -0.444 e. The first-order chi connectivity index (χ1) is 10.1. The van der Waals surface area contributed by atoms with Gasteiger partial charge in [-0.15, -0.1) is 0 Å². The van der Waals surface area contributed by atoms with Gasteiger partial charge in [0.15, 0.2) is 0 Å². The molecule has 0 saturated heterocycles. The van der Waals surface area contributed by atoms with Gasteiger partial charge in [-0.3, -0.25) is 0 Å². The fraction of sp³-hybridized carbons (Fsp3) is 0.944. The Kier molecular flexibility index (Phi) is 4.82. The highest BCUT2D eigenvalue weighted by molar-refractivity contribution is 5.67. The van der Waals surface area contributed by atoms with Crippen molar-refractivity contribution in [1.82, 2.24) is 10.6 Å². The second kappa shape index (κ2) is 6.03. The van der Waals surface area contributed by atoms with E-state index in [1.165, 1.54) is 19.3 Å². The van der Waals surface area contributed by atoms with Gasteiger partial charge in [-0.05, 0) is 69.7 Å². The first-order valence-corrected chi connectivity index (χ1v) is 8.76. The van der Waals surface area contributed by atoms with Crippen LogP contribution in [0.3, 0.4) is 0 Å². The maximum atomic E-state index is 11.6. The molecule has 0 aromatic heterocycles. The van der Waals surface area contributed by atoms with E-state index in [0.29, 0.717) is 23.4 Å². The normalized spacial score (nSPS) is 33.0. The van der Waals surface area contributed by atoms with Crippen LogP contribution in [0.5, 0.6) is 0 Å². The minimum absolute atomic E-state index is 0.319. The number of carbonyl (C=O) groups is 1. The standard InChI is InChI=1S/C18H34N2O2/c1-16(2,3)22-15(21)20-11-7-10-19-14-12-13-8-9-18(14,6)17(13,4)5/h13-14,19H,7-12H2,1-6H3,(H,20,21). The molecule has 4 nitrogen and oxygen atoms in total. The smallest absolute Gasteiger partial charge is 0.407 e. The zero-order valence-electron chi connectivity index (χ0n) is 15.2. The molecule has 4 heteroatoms. The first-order valence-electron chi connectivity index (χ1n) is 8.76. The van der Waals surface area contributed by atoms with Gasteiger partial charge in [-0.1, -0.05) is 20.8 Å². The predicted molar refractivity (Wildman–Crippen MR) is 89.9 cm³/mol. The largest absolute Gasteiger partial charge is 0.444 e. The molecule has 2 N–H and O–H groups in total. The average Bonchev–Trinajstić information content (AvgIpc) is 2.69. The van der Waals surface area contributed by atoms with Crippen LogP contribution in [0.4, 0.5) is 4.79 Å². The third-order valence-corrected chi connectivity index (χ3v) is 6.21. The Bertz CT molecular complexity index is 414. The number of hydrogen-bond acceptors (Lipinski definition) is 3. The molecular weight excluding hydrogens is 276 g/mol. The van der Waals surface area contributed by atoms with Crippen molar-refractivity contribution < 1.29 is 9.53 Å². The van der Waals surface area contributed by atoms with E-state index in [2.05, 4.69) is 31.4 Å². The Balaban J connectivity index is 1.66. The molecule has 0 spiro atoms. The summed E-state index contributed by atoms with van der Waals surface area (Å²) in [6.07, 6.45) is 4.67. The van der Waals surface area contributed by atoms with E-state index in [0.717, 1.165) is 18.9 Å². The highest BCUT2D eigenvalue weighted by Gasteiger charge is 2.60. The summed E-state index contributed by atoms with van der Waals surface area (Å²) < 4.78 is 5.23. The fourth-order valence-corrected chi connectivity index (χ4v) is 4.38. The monoisotopic (exact) mass is 310 g/mol. The van der Waals surface area contributed by atoms with E-state index in [1.54, 1.807) is 0 Å². The molecule has 0 aromatic rings. The Labute approximate surface area is 135 Å². The van der Waals surface area contributed by atoms with Gasteiger partial charge in [0.05, 0.1) is 0 Å². The SMILES string of the molecule is CC(C)(C)OC(=O)NCCCNC1CC2CCC1(C)C2(C)C. The van der Waals surface area contributed by atoms with Crippen LogP contribution >= 0.6 is 0 Å². The Morgan fingerprint density at radius 3 is 2.41 bits per heavy atom. The third kappa shape index (κ3) is 3.42. The van der Waals surface area contributed by atoms with Crippen molar-refractivity contribution in [2.24, 2.45) is 16.7 Å². The average molecular weight is 310 g/mol. The molecule has 2 aliphatic rings. The van der Waals surface area contributed by atoms with Gasteiger partial charge < -0.3 is 15.4 Å². The molecule has 1 amide bonds. The van der Waals surface area contributed by atoms with Gasteiger partial charge in [-0.25, -0.2) is 4.79 Å². The van der Waals surface area contributed by atoms with E-state index in [1.807, 2.05) is 20.8 Å². The van der Waals surface area contributed by atoms with Gasteiger partial charge in [-0.2, -0.15) is 0 Å². The summed E-state index contributed by atoms with van der Waals surface area (Å²) in [4.78, 5) is 11.6. The van der Waals surface area contributed by atoms with Crippen molar-refractivity contribution in [2.75, 3.05) is 13.1 Å². The molecule has 3 unspecified atom stereocenters. The van der Waals surface area contributed by atoms with Crippen LogP contribution in [0.25, 0.3) is 0 Å². The van der Waals surface area contributed by atoms with E-state index in [9.17, 15) is 4.79 Å². The number of fused-ring (bicyclic) bond motifs is 2. The highest BCUT2D eigenvalue weighted by atomic mass is 16.6. The lowest BCUT2D eigenvalue weighted by molar-refractivity contribution is 0.0527. The molecule has 2 fully saturated rings. The fourth-order valence-electron chi connectivity index (χ4n) is 4.38. The molecule has 0 radical (unpaired) electrons. The molecule has 3 atom stereocenters. The molecule has 2 rings (SSSR count). The zero-order valence-corrected chi connectivity index (χ0v) is 15.2. The van der Waals surface area contributed by atoms with Crippen LogP contribution in [-0.2, 0) is 4.74 Å². The van der Waals surface area contributed by atoms with Crippen molar-refractivity contribution in [1.29, 1.82) is 0 Å². The van der Waals surface area contributed by atoms with Crippen LogP contribution in [0.1, 0.15) is 67.2 Å². The van der Waals surface area contributed by atoms with Gasteiger partial charge in [0, 0.05) is 12.6 Å². The predicted octanol–water partition coefficient (Wildman–Crippen LogP) is 3.71. The molecule has 2 bridgehead atoms. The maximum Gasteiger partial charge on any atom is 0.407 e. The summed E-state index contributed by atoms with van der Waals surface area (Å²) in [5.74, 6) is 0.870. The lowest BCUT2D eigenvalue weighted by atomic mass is 9.69. The first kappa shape index (κ1) is 17.6. The summed E-state index contributed by atoms with van der Waals surface area (Å²) >= 11 is 0. The summed E-state index contributed by atoms with van der Waals surface area (Å²) in [7, 11) is 0. The number of nitrogens with one attached hydrogen (secondary N) is 2. The van der Waals surface area contributed by atoms with Crippen molar-refractivity contribution in [3.05, 3.63) is 0 Å². The van der Waals surface area contributed by atoms with Gasteiger partial charge in [0.1, 0.15) is 5.60 Å². The Morgan fingerprint density at radius 2 is 1.91 bits per heavy atom. The minimum atomic E-state index is -0.425. The van der Waals surface area contributed by atoms with Crippen LogP contribution < -0.4 is 10.6 Å². The molecule has 2 aliphatic carbocycles. The summed E-state index contributed by atoms with van der Waals surface area (Å²) in [5.41, 5.74) is 0.460. The second-order valence-corrected chi connectivity index (χ2v) is 8.90. The van der Waals surface area contributed by atoms with Gasteiger partial charge in [0.2, 0.25) is 0 Å². The number of rotatable bonds is 5. The maximum absolute atomic E-state index is 11.6. The molecular formula is C18H34N2O2. The van der Waals surface area contributed by atoms with Crippen LogP contribution in [-0.4, -0.2) is 30.8 Å². The van der Waals surface area contributed by atoms with Crippen molar-refractivity contribution in [2.45, 2.75) is 78.9 Å². The zero-order chi connectivity index (χ0) is 16.6. The molecule has 128 valence electrons. The topological polar surface area (TPSA) is 50.4 Å². The van der Waals surface area contributed by atoms with E-state index >= 15 is 0 Å². The molecule has 22 heavy (non-hydrogen) atoms. The molecule has 0 aliphatic heterocycles. The van der Waals surface area contributed by atoms with E-state index in [4.69, 9.17) is 4.74 Å². The van der Waals surface area contributed by atoms with Gasteiger partial charge >= 0.3 is 6.09 Å². The van der Waals surface area contributed by atoms with Crippen LogP contribution in [0.15, 0.2) is 0 Å². The third-order valence-electron chi connectivity index (χ3n) is 6.21. The quantitative estimate of drug-likeness (QED) is 0.761. The summed E-state index contributed by atoms with van der Waals surface area (Å²) in [6, 6.07) is 0.628. The molecule has 0 aromatic carbocycles. The second-order valence-electron chi connectivity index (χ2n) is 8.90. The van der Waals surface area contributed by atoms with E-state index in [-0.39, 0.29) is 6.09 Å². The van der Waals surface area contributed by atoms with Crippen molar-refractivity contribution in [3.8, 4) is 0 Å². The van der Waals surface area contributed by atoms with Crippen molar-refractivity contribution >= 4 is 6.09 Å². The summed E-state index contributed by atoms with van der Waals surface area (Å²) in [5, 5.41) is 6.56. The van der Waals surface area contributed by atoms with E-state index < -0.39 is 5.60 Å². The Morgan fingerprint density at radius 1 is 1.23 bits per heavy atom. The van der Waals surface area contributed by atoms with Crippen LogP contribution in [0, 0.1) is 16.7 Å². The number of ether oxygens (including phenoxy) is 1. The molecule has 0 heterocycles. The molecule has 2 saturated carbocycles. The number of alkyl carbamates (subject to hydrolysis) is 1. The lowest BCUT2D eigenvalue weighted by Gasteiger charge is -2.39. The van der Waals surface area contributed by atoms with Crippen molar-refractivity contribution in [3.63, 3.8) is 0 Å². The summed E-state index contributed by atoms with van der Waals surface area (Å²) in [6.45, 7) is 14.6. The van der Waals surface area contributed by atoms with Crippen LogP contribution in [0.2, 0.25) is 0 Å². The van der Waals surface area contributed by atoms with Gasteiger partial charge in [0.25, 0.3) is 0 Å². The number of carbonyl (C=O) groups excluding carboxylic acids is 1. The Hall–Kier alpha value is -0.770. The number of amides is 1. The highest BCUT2D eigenvalue weighted by Crippen LogP contribution is 2.65.